The second kappa shape index (κ2) is 6.68. The maximum atomic E-state index is 4.45. The highest BCUT2D eigenvalue weighted by Crippen LogP contribution is 2.16. The molecule has 0 bridgehead atoms. The lowest BCUT2D eigenvalue weighted by Crippen LogP contribution is -2.03. The Morgan fingerprint density at radius 3 is 2.48 bits per heavy atom. The molecule has 2 heterocycles. The fraction of sp³-hybridized carbons (Fsp3) is 0.158. The van der Waals surface area contributed by atoms with Crippen molar-refractivity contribution in [1.82, 2.24) is 30.0 Å². The van der Waals surface area contributed by atoms with Crippen molar-refractivity contribution in [2.24, 2.45) is 0 Å². The zero-order valence-corrected chi connectivity index (χ0v) is 13.9. The third-order valence-corrected chi connectivity index (χ3v) is 4.07. The molecular formula is C19H18N6. The van der Waals surface area contributed by atoms with E-state index in [4.69, 9.17) is 0 Å². The van der Waals surface area contributed by atoms with Crippen LogP contribution in [-0.4, -0.2) is 30.0 Å². The molecule has 0 spiro atoms. The fourth-order valence-corrected chi connectivity index (χ4v) is 2.64. The van der Waals surface area contributed by atoms with Crippen LogP contribution in [0.5, 0.6) is 0 Å². The Morgan fingerprint density at radius 2 is 1.72 bits per heavy atom. The molecule has 4 aromatic rings. The number of hydrogen-bond acceptors (Lipinski definition) is 4. The van der Waals surface area contributed by atoms with Gasteiger partial charge in [0.25, 0.3) is 0 Å². The minimum Gasteiger partial charge on any atom is -0.240 e. The van der Waals surface area contributed by atoms with E-state index in [1.54, 1.807) is 11.0 Å². The lowest BCUT2D eigenvalue weighted by Gasteiger charge is -2.02. The van der Waals surface area contributed by atoms with Crippen LogP contribution in [0, 0.1) is 0 Å². The van der Waals surface area contributed by atoms with Crippen LogP contribution in [0.1, 0.15) is 18.1 Å². The lowest BCUT2D eigenvalue weighted by atomic mass is 10.1. The number of benzene rings is 2. The molecule has 0 fully saturated rings. The summed E-state index contributed by atoms with van der Waals surface area (Å²) in [4.78, 5) is 1.60. The normalized spacial score (nSPS) is 10.9. The second-order valence-corrected chi connectivity index (χ2v) is 5.82. The van der Waals surface area contributed by atoms with Gasteiger partial charge in [0.15, 0.2) is 0 Å². The molecule has 2 aromatic heterocycles. The summed E-state index contributed by atoms with van der Waals surface area (Å²) >= 11 is 0. The predicted octanol–water partition coefficient (Wildman–Crippen LogP) is 3.14. The van der Waals surface area contributed by atoms with E-state index in [1.807, 2.05) is 41.2 Å². The van der Waals surface area contributed by atoms with Crippen molar-refractivity contribution >= 4 is 0 Å². The molecule has 0 saturated heterocycles. The van der Waals surface area contributed by atoms with Crippen LogP contribution in [0.25, 0.3) is 17.1 Å². The summed E-state index contributed by atoms with van der Waals surface area (Å²) in [5.74, 6) is 0.576. The first kappa shape index (κ1) is 15.3. The van der Waals surface area contributed by atoms with Crippen molar-refractivity contribution in [3.05, 3.63) is 78.1 Å². The van der Waals surface area contributed by atoms with Gasteiger partial charge in [-0.2, -0.15) is 9.90 Å². The van der Waals surface area contributed by atoms with E-state index in [1.165, 1.54) is 5.56 Å². The SMILES string of the molecule is CCc1ccc(-n2cc(-c3nnn(Cc4ccccc4)n3)cn2)cc1. The second-order valence-electron chi connectivity index (χ2n) is 5.82. The topological polar surface area (TPSA) is 61.4 Å². The molecule has 0 N–H and O–H groups in total. The molecule has 6 heteroatoms. The molecule has 0 aliphatic rings. The van der Waals surface area contributed by atoms with Crippen molar-refractivity contribution in [2.45, 2.75) is 19.9 Å². The molecule has 124 valence electrons. The highest BCUT2D eigenvalue weighted by Gasteiger charge is 2.10. The summed E-state index contributed by atoms with van der Waals surface area (Å²) in [5.41, 5.74) is 4.30. The zero-order valence-electron chi connectivity index (χ0n) is 13.9. The summed E-state index contributed by atoms with van der Waals surface area (Å²) < 4.78 is 1.83. The van der Waals surface area contributed by atoms with Gasteiger partial charge in [0.1, 0.15) is 0 Å². The molecule has 0 aliphatic heterocycles. The third-order valence-electron chi connectivity index (χ3n) is 4.07. The van der Waals surface area contributed by atoms with Gasteiger partial charge in [0.05, 0.1) is 24.0 Å². The van der Waals surface area contributed by atoms with E-state index in [2.05, 4.69) is 51.7 Å². The van der Waals surface area contributed by atoms with Crippen molar-refractivity contribution < 1.29 is 0 Å². The zero-order chi connectivity index (χ0) is 17.1. The minimum absolute atomic E-state index is 0.576. The van der Waals surface area contributed by atoms with E-state index >= 15 is 0 Å². The monoisotopic (exact) mass is 330 g/mol. The molecule has 2 aromatic carbocycles. The first-order chi connectivity index (χ1) is 12.3. The molecule has 0 amide bonds. The van der Waals surface area contributed by atoms with Crippen LogP contribution in [0.3, 0.4) is 0 Å². The summed E-state index contributed by atoms with van der Waals surface area (Å²) in [6.07, 6.45) is 4.71. The predicted molar refractivity (Wildman–Crippen MR) is 95.3 cm³/mol. The molecule has 0 aliphatic carbocycles. The van der Waals surface area contributed by atoms with Crippen molar-refractivity contribution in [1.29, 1.82) is 0 Å². The highest BCUT2D eigenvalue weighted by atomic mass is 15.6. The van der Waals surface area contributed by atoms with Gasteiger partial charge in [-0.15, -0.1) is 10.2 Å². The molecular weight excluding hydrogens is 312 g/mol. The number of rotatable bonds is 5. The summed E-state index contributed by atoms with van der Waals surface area (Å²) in [6.45, 7) is 2.74. The maximum absolute atomic E-state index is 4.45. The third kappa shape index (κ3) is 3.33. The van der Waals surface area contributed by atoms with E-state index in [9.17, 15) is 0 Å². The van der Waals surface area contributed by atoms with Crippen molar-refractivity contribution in [2.75, 3.05) is 0 Å². The number of nitrogens with zero attached hydrogens (tertiary/aromatic N) is 6. The Bertz CT molecular complexity index is 953. The first-order valence-corrected chi connectivity index (χ1v) is 8.28. The lowest BCUT2D eigenvalue weighted by molar-refractivity contribution is 0.573. The Balaban J connectivity index is 1.54. The quantitative estimate of drug-likeness (QED) is 0.564. The molecule has 6 nitrogen and oxygen atoms in total. The molecule has 4 rings (SSSR count). The van der Waals surface area contributed by atoms with Gasteiger partial charge < -0.3 is 0 Å². The van der Waals surface area contributed by atoms with Crippen LogP contribution in [0.4, 0.5) is 0 Å². The van der Waals surface area contributed by atoms with E-state index in [-0.39, 0.29) is 0 Å². The van der Waals surface area contributed by atoms with Crippen LogP contribution >= 0.6 is 0 Å². The average molecular weight is 330 g/mol. The van der Waals surface area contributed by atoms with Crippen LogP contribution < -0.4 is 0 Å². The Hall–Kier alpha value is -3.28. The first-order valence-electron chi connectivity index (χ1n) is 8.28. The molecule has 0 radical (unpaired) electrons. The Morgan fingerprint density at radius 1 is 0.920 bits per heavy atom. The highest BCUT2D eigenvalue weighted by molar-refractivity contribution is 5.52. The van der Waals surface area contributed by atoms with Crippen LogP contribution in [0.2, 0.25) is 0 Å². The summed E-state index contributed by atoms with van der Waals surface area (Å²) in [5, 5.41) is 17.1. The van der Waals surface area contributed by atoms with Gasteiger partial charge in [-0.3, -0.25) is 0 Å². The largest absolute Gasteiger partial charge is 0.240 e. The number of hydrogen-bond donors (Lipinski definition) is 0. The van der Waals surface area contributed by atoms with Crippen LogP contribution in [-0.2, 0) is 13.0 Å². The van der Waals surface area contributed by atoms with Gasteiger partial charge >= 0.3 is 0 Å². The molecule has 0 saturated carbocycles. The van der Waals surface area contributed by atoms with Gasteiger partial charge in [-0.1, -0.05) is 49.4 Å². The molecule has 25 heavy (non-hydrogen) atoms. The van der Waals surface area contributed by atoms with Crippen molar-refractivity contribution in [3.63, 3.8) is 0 Å². The smallest absolute Gasteiger partial charge is 0.208 e. The van der Waals surface area contributed by atoms with Gasteiger partial charge in [-0.05, 0) is 34.9 Å². The van der Waals surface area contributed by atoms with Crippen molar-refractivity contribution in [3.8, 4) is 17.1 Å². The fourth-order valence-electron chi connectivity index (χ4n) is 2.64. The van der Waals surface area contributed by atoms with Gasteiger partial charge in [0, 0.05) is 6.20 Å². The number of aromatic nitrogens is 6. The summed E-state index contributed by atoms with van der Waals surface area (Å²) in [7, 11) is 0. The number of tetrazole rings is 1. The minimum atomic E-state index is 0.576. The van der Waals surface area contributed by atoms with E-state index < -0.39 is 0 Å². The van der Waals surface area contributed by atoms with Crippen LogP contribution in [0.15, 0.2) is 67.0 Å². The Kier molecular flexibility index (Phi) is 4.08. The summed E-state index contributed by atoms with van der Waals surface area (Å²) in [6, 6.07) is 18.4. The molecule has 0 unspecified atom stereocenters. The Labute approximate surface area is 145 Å². The van der Waals surface area contributed by atoms with Gasteiger partial charge in [-0.25, -0.2) is 4.68 Å². The van der Waals surface area contributed by atoms with E-state index in [0.29, 0.717) is 12.4 Å². The van der Waals surface area contributed by atoms with E-state index in [0.717, 1.165) is 23.2 Å². The molecule has 0 atom stereocenters. The van der Waals surface area contributed by atoms with Gasteiger partial charge in [0.2, 0.25) is 5.82 Å². The average Bonchev–Trinajstić information content (AvgIpc) is 3.32. The maximum Gasteiger partial charge on any atom is 0.208 e. The standard InChI is InChI=1S/C19H18N6/c1-2-15-8-10-18(11-9-15)24-14-17(12-20-24)19-21-23-25(22-19)13-16-6-4-3-5-7-16/h3-12,14H,2,13H2,1H3. The number of aryl methyl sites for hydroxylation is 1.